The van der Waals surface area contributed by atoms with Crippen LogP contribution in [0.4, 0.5) is 4.79 Å². The Hall–Kier alpha value is -2.63. The maximum absolute atomic E-state index is 11.9. The second kappa shape index (κ2) is 8.37. The molecule has 0 bridgehead atoms. The van der Waals surface area contributed by atoms with Gasteiger partial charge in [-0.05, 0) is 46.5 Å². The number of amides is 1. The molecule has 0 radical (unpaired) electrons. The van der Waals surface area contributed by atoms with Gasteiger partial charge in [0, 0.05) is 23.9 Å². The molecule has 2 aromatic rings. The van der Waals surface area contributed by atoms with Crippen molar-refractivity contribution >= 4 is 6.09 Å². The zero-order valence-corrected chi connectivity index (χ0v) is 16.1. The second-order valence-corrected chi connectivity index (χ2v) is 7.82. The van der Waals surface area contributed by atoms with Gasteiger partial charge in [-0.1, -0.05) is 30.3 Å². The van der Waals surface area contributed by atoms with Gasteiger partial charge in [-0.3, -0.25) is 0 Å². The summed E-state index contributed by atoms with van der Waals surface area (Å²) in [7, 11) is 0. The maximum atomic E-state index is 11.9. The van der Waals surface area contributed by atoms with Crippen LogP contribution in [0.2, 0.25) is 0 Å². The van der Waals surface area contributed by atoms with E-state index in [1.54, 1.807) is 12.3 Å². The lowest BCUT2D eigenvalue weighted by atomic mass is 9.93. The van der Waals surface area contributed by atoms with E-state index in [1.807, 2.05) is 51.1 Å². The first-order chi connectivity index (χ1) is 12.9. The monoisotopic (exact) mass is 369 g/mol. The molecule has 1 aliphatic rings. The Balaban J connectivity index is 1.50. The largest absolute Gasteiger partial charge is 0.474 e. The summed E-state index contributed by atoms with van der Waals surface area (Å²) >= 11 is 0. The highest BCUT2D eigenvalue weighted by Gasteiger charge is 2.26. The minimum absolute atomic E-state index is 0.0974. The summed E-state index contributed by atoms with van der Waals surface area (Å²) < 4.78 is 11.4. The second-order valence-electron chi connectivity index (χ2n) is 7.82. The Bertz CT molecular complexity index is 751. The Labute approximate surface area is 160 Å². The van der Waals surface area contributed by atoms with E-state index in [-0.39, 0.29) is 18.2 Å². The zero-order chi connectivity index (χ0) is 19.3. The third kappa shape index (κ3) is 5.94. The van der Waals surface area contributed by atoms with Crippen LogP contribution in [0.15, 0.2) is 42.6 Å². The number of nitrogens with one attached hydrogen (secondary N) is 1. The van der Waals surface area contributed by atoms with Gasteiger partial charge in [0.15, 0.2) is 5.82 Å². The molecule has 0 spiro atoms. The van der Waals surface area contributed by atoms with Crippen molar-refractivity contribution in [3.8, 4) is 17.3 Å². The summed E-state index contributed by atoms with van der Waals surface area (Å²) in [5, 5.41) is 2.95. The van der Waals surface area contributed by atoms with Crippen LogP contribution in [0, 0.1) is 0 Å². The number of hydrogen-bond acceptors (Lipinski definition) is 5. The van der Waals surface area contributed by atoms with Crippen LogP contribution in [-0.4, -0.2) is 33.8 Å². The lowest BCUT2D eigenvalue weighted by molar-refractivity contribution is 0.0469. The van der Waals surface area contributed by atoms with E-state index in [1.165, 1.54) is 0 Å². The number of carbonyl (C=O) groups excluding carboxylic acids is 1. The van der Waals surface area contributed by atoms with Gasteiger partial charge in [-0.2, -0.15) is 4.98 Å². The Morgan fingerprint density at radius 1 is 1.07 bits per heavy atom. The van der Waals surface area contributed by atoms with Gasteiger partial charge >= 0.3 is 6.09 Å². The minimum atomic E-state index is -0.478. The van der Waals surface area contributed by atoms with E-state index < -0.39 is 5.60 Å². The van der Waals surface area contributed by atoms with E-state index >= 15 is 0 Å². The van der Waals surface area contributed by atoms with Gasteiger partial charge < -0.3 is 14.8 Å². The smallest absolute Gasteiger partial charge is 0.407 e. The number of ether oxygens (including phenoxy) is 2. The summed E-state index contributed by atoms with van der Waals surface area (Å²) in [4.78, 5) is 20.7. The van der Waals surface area contributed by atoms with Gasteiger partial charge in [-0.25, -0.2) is 9.78 Å². The van der Waals surface area contributed by atoms with Crippen LogP contribution >= 0.6 is 0 Å². The normalized spacial score (nSPS) is 20.0. The van der Waals surface area contributed by atoms with Gasteiger partial charge in [0.25, 0.3) is 0 Å². The average molecular weight is 369 g/mol. The predicted molar refractivity (Wildman–Crippen MR) is 104 cm³/mol. The molecular weight excluding hydrogens is 342 g/mol. The van der Waals surface area contributed by atoms with Gasteiger partial charge in [0.2, 0.25) is 5.88 Å². The standard InChI is InChI=1S/C21H27N3O3/c1-21(2,3)27-20(25)23-16-9-11-17(12-10-16)26-18-13-14-22-19(24-18)15-7-5-4-6-8-15/h4-8,13-14,16-17H,9-12H2,1-3H3,(H,23,25). The average Bonchev–Trinajstić information content (AvgIpc) is 2.63. The molecular formula is C21H27N3O3. The number of hydrogen-bond donors (Lipinski definition) is 1. The third-order valence-corrected chi connectivity index (χ3v) is 4.34. The summed E-state index contributed by atoms with van der Waals surface area (Å²) in [5.41, 5.74) is 0.488. The van der Waals surface area contributed by atoms with Crippen LogP contribution in [0.1, 0.15) is 46.5 Å². The molecule has 6 nitrogen and oxygen atoms in total. The highest BCUT2D eigenvalue weighted by molar-refractivity contribution is 5.68. The van der Waals surface area contributed by atoms with Crippen molar-refractivity contribution in [2.45, 2.75) is 64.2 Å². The fourth-order valence-electron chi connectivity index (χ4n) is 3.10. The van der Waals surface area contributed by atoms with Crippen molar-refractivity contribution in [2.75, 3.05) is 0 Å². The fourth-order valence-corrected chi connectivity index (χ4v) is 3.10. The van der Waals surface area contributed by atoms with Crippen molar-refractivity contribution in [1.82, 2.24) is 15.3 Å². The van der Waals surface area contributed by atoms with Crippen LogP contribution in [0.5, 0.6) is 5.88 Å². The molecule has 1 N–H and O–H groups in total. The van der Waals surface area contributed by atoms with Gasteiger partial charge in [0.1, 0.15) is 11.7 Å². The van der Waals surface area contributed by atoms with E-state index in [9.17, 15) is 4.79 Å². The number of benzene rings is 1. The molecule has 1 heterocycles. The summed E-state index contributed by atoms with van der Waals surface area (Å²) in [6, 6.07) is 11.8. The predicted octanol–water partition coefficient (Wildman–Crippen LogP) is 4.36. The van der Waals surface area contributed by atoms with Crippen LogP contribution in [0.25, 0.3) is 11.4 Å². The minimum Gasteiger partial charge on any atom is -0.474 e. The zero-order valence-electron chi connectivity index (χ0n) is 16.1. The first-order valence-corrected chi connectivity index (χ1v) is 9.44. The molecule has 144 valence electrons. The van der Waals surface area contributed by atoms with Crippen molar-refractivity contribution in [3.05, 3.63) is 42.6 Å². The molecule has 1 aliphatic carbocycles. The molecule has 6 heteroatoms. The first-order valence-electron chi connectivity index (χ1n) is 9.44. The molecule has 1 aromatic heterocycles. The summed E-state index contributed by atoms with van der Waals surface area (Å²) in [6.45, 7) is 5.59. The molecule has 1 amide bonds. The molecule has 1 aromatic carbocycles. The molecule has 1 fully saturated rings. The topological polar surface area (TPSA) is 73.3 Å². The summed E-state index contributed by atoms with van der Waals surface area (Å²) in [5.74, 6) is 1.25. The number of nitrogens with zero attached hydrogens (tertiary/aromatic N) is 2. The fraction of sp³-hybridized carbons (Fsp3) is 0.476. The maximum Gasteiger partial charge on any atom is 0.407 e. The molecule has 0 unspecified atom stereocenters. The SMILES string of the molecule is CC(C)(C)OC(=O)NC1CCC(Oc2ccnc(-c3ccccc3)n2)CC1. The van der Waals surface area contributed by atoms with Crippen molar-refractivity contribution < 1.29 is 14.3 Å². The van der Waals surface area contributed by atoms with E-state index in [4.69, 9.17) is 9.47 Å². The number of alkyl carbamates (subject to hydrolysis) is 1. The molecule has 0 aliphatic heterocycles. The van der Waals surface area contributed by atoms with E-state index in [0.717, 1.165) is 31.2 Å². The highest BCUT2D eigenvalue weighted by Crippen LogP contribution is 2.24. The van der Waals surface area contributed by atoms with Crippen molar-refractivity contribution in [2.24, 2.45) is 0 Å². The van der Waals surface area contributed by atoms with Crippen molar-refractivity contribution in [1.29, 1.82) is 0 Å². The number of aromatic nitrogens is 2. The van der Waals surface area contributed by atoms with E-state index in [0.29, 0.717) is 11.7 Å². The molecule has 1 saturated carbocycles. The lowest BCUT2D eigenvalue weighted by Crippen LogP contribution is -2.42. The Kier molecular flexibility index (Phi) is 5.94. The number of carbonyl (C=O) groups is 1. The molecule has 0 saturated heterocycles. The summed E-state index contributed by atoms with van der Waals surface area (Å²) in [6.07, 6.45) is 4.92. The lowest BCUT2D eigenvalue weighted by Gasteiger charge is -2.30. The first kappa shape index (κ1) is 19.1. The Morgan fingerprint density at radius 2 is 1.78 bits per heavy atom. The molecule has 27 heavy (non-hydrogen) atoms. The van der Waals surface area contributed by atoms with Gasteiger partial charge in [-0.15, -0.1) is 0 Å². The number of rotatable bonds is 4. The van der Waals surface area contributed by atoms with Crippen LogP contribution in [-0.2, 0) is 4.74 Å². The van der Waals surface area contributed by atoms with Crippen LogP contribution < -0.4 is 10.1 Å². The molecule has 0 atom stereocenters. The van der Waals surface area contributed by atoms with Crippen LogP contribution in [0.3, 0.4) is 0 Å². The van der Waals surface area contributed by atoms with E-state index in [2.05, 4.69) is 15.3 Å². The van der Waals surface area contributed by atoms with Crippen molar-refractivity contribution in [3.63, 3.8) is 0 Å². The third-order valence-electron chi connectivity index (χ3n) is 4.34. The quantitative estimate of drug-likeness (QED) is 0.867. The van der Waals surface area contributed by atoms with Gasteiger partial charge in [0.05, 0.1) is 0 Å². The molecule has 3 rings (SSSR count). The highest BCUT2D eigenvalue weighted by atomic mass is 16.6. The Morgan fingerprint density at radius 3 is 2.44 bits per heavy atom.